The molecule has 0 aromatic heterocycles. The molecule has 2 rings (SSSR count). The van der Waals surface area contributed by atoms with E-state index in [-0.39, 0.29) is 11.5 Å². The summed E-state index contributed by atoms with van der Waals surface area (Å²) in [6, 6.07) is 10.7. The van der Waals surface area contributed by atoms with E-state index in [2.05, 4.69) is 50.3 Å². The van der Waals surface area contributed by atoms with Gasteiger partial charge in [-0.15, -0.1) is 0 Å². The van der Waals surface area contributed by atoms with Crippen LogP contribution in [-0.2, 0) is 5.41 Å². The van der Waals surface area contributed by atoms with Crippen molar-refractivity contribution in [2.45, 2.75) is 44.6 Å². The van der Waals surface area contributed by atoms with Gasteiger partial charge in [-0.2, -0.15) is 0 Å². The normalized spacial score (nSPS) is 18.3. The van der Waals surface area contributed by atoms with E-state index in [0.717, 1.165) is 0 Å². The van der Waals surface area contributed by atoms with Gasteiger partial charge in [0.25, 0.3) is 0 Å². The molecule has 1 aliphatic carbocycles. The van der Waals surface area contributed by atoms with Crippen LogP contribution in [0.25, 0.3) is 0 Å². The number of rotatable bonds is 3. The van der Waals surface area contributed by atoms with Gasteiger partial charge in [0.2, 0.25) is 0 Å². The van der Waals surface area contributed by atoms with Crippen LogP contribution in [0.1, 0.15) is 38.7 Å². The predicted molar refractivity (Wildman–Crippen MR) is 69.4 cm³/mol. The molecule has 0 radical (unpaired) electrons. The van der Waals surface area contributed by atoms with Crippen molar-refractivity contribution in [2.24, 2.45) is 5.73 Å². The van der Waals surface area contributed by atoms with Crippen molar-refractivity contribution in [1.82, 2.24) is 0 Å². The van der Waals surface area contributed by atoms with Crippen LogP contribution in [0.2, 0.25) is 0 Å². The standard InChI is InChI=1S/C15H21N/c1-15(2,13-10-4-3-5-11-13)14(16)12-8-6-7-9-12/h3-5,8,10-11,14H,6-7,9,16H2,1-2H3. The van der Waals surface area contributed by atoms with Gasteiger partial charge in [-0.3, -0.25) is 0 Å². The molecule has 0 heterocycles. The molecule has 0 fully saturated rings. The number of allylic oxidation sites excluding steroid dienone is 1. The Bertz CT molecular complexity index is 376. The van der Waals surface area contributed by atoms with Crippen LogP contribution in [0.5, 0.6) is 0 Å². The van der Waals surface area contributed by atoms with Gasteiger partial charge in [-0.05, 0) is 24.8 Å². The Balaban J connectivity index is 2.24. The fraction of sp³-hybridized carbons (Fsp3) is 0.467. The van der Waals surface area contributed by atoms with Crippen molar-refractivity contribution >= 4 is 0 Å². The number of hydrogen-bond donors (Lipinski definition) is 1. The molecule has 2 N–H and O–H groups in total. The lowest BCUT2D eigenvalue weighted by atomic mass is 9.75. The molecule has 0 spiro atoms. The Morgan fingerprint density at radius 3 is 2.44 bits per heavy atom. The highest BCUT2D eigenvalue weighted by atomic mass is 14.7. The Kier molecular flexibility index (Phi) is 3.15. The highest BCUT2D eigenvalue weighted by Gasteiger charge is 2.31. The van der Waals surface area contributed by atoms with Crippen LogP contribution in [-0.4, -0.2) is 6.04 Å². The average molecular weight is 215 g/mol. The van der Waals surface area contributed by atoms with E-state index < -0.39 is 0 Å². The molecule has 16 heavy (non-hydrogen) atoms. The molecule has 1 unspecified atom stereocenters. The fourth-order valence-electron chi connectivity index (χ4n) is 2.49. The summed E-state index contributed by atoms with van der Waals surface area (Å²) in [7, 11) is 0. The molecule has 1 aromatic carbocycles. The zero-order valence-electron chi connectivity index (χ0n) is 10.2. The third-order valence-electron chi connectivity index (χ3n) is 3.77. The minimum atomic E-state index is 0.0252. The molecule has 0 saturated carbocycles. The number of nitrogens with two attached hydrogens (primary N) is 1. The summed E-state index contributed by atoms with van der Waals surface area (Å²) in [4.78, 5) is 0. The molecule has 1 aromatic rings. The van der Waals surface area contributed by atoms with E-state index >= 15 is 0 Å². The molecule has 0 amide bonds. The summed E-state index contributed by atoms with van der Waals surface area (Å²) in [5, 5.41) is 0. The maximum atomic E-state index is 6.42. The molecule has 1 atom stereocenters. The minimum Gasteiger partial charge on any atom is -0.324 e. The lowest BCUT2D eigenvalue weighted by Gasteiger charge is -2.33. The monoisotopic (exact) mass is 215 g/mol. The van der Waals surface area contributed by atoms with E-state index in [9.17, 15) is 0 Å². The molecule has 0 saturated heterocycles. The van der Waals surface area contributed by atoms with Crippen LogP contribution in [0, 0.1) is 0 Å². The largest absolute Gasteiger partial charge is 0.324 e. The van der Waals surface area contributed by atoms with E-state index in [1.807, 2.05) is 0 Å². The van der Waals surface area contributed by atoms with Crippen LogP contribution < -0.4 is 5.73 Å². The molecule has 86 valence electrons. The van der Waals surface area contributed by atoms with E-state index in [1.165, 1.54) is 30.4 Å². The maximum Gasteiger partial charge on any atom is 0.0346 e. The zero-order chi connectivity index (χ0) is 11.6. The van der Waals surface area contributed by atoms with Crippen molar-refractivity contribution in [3.63, 3.8) is 0 Å². The van der Waals surface area contributed by atoms with Crippen molar-refractivity contribution in [1.29, 1.82) is 0 Å². The van der Waals surface area contributed by atoms with Crippen molar-refractivity contribution in [3.05, 3.63) is 47.5 Å². The van der Waals surface area contributed by atoms with Crippen LogP contribution in [0.4, 0.5) is 0 Å². The Hall–Kier alpha value is -1.08. The van der Waals surface area contributed by atoms with Gasteiger partial charge >= 0.3 is 0 Å². The second kappa shape index (κ2) is 4.42. The third kappa shape index (κ3) is 2.05. The van der Waals surface area contributed by atoms with Gasteiger partial charge in [0.1, 0.15) is 0 Å². The summed E-state index contributed by atoms with van der Waals surface area (Å²) in [6.07, 6.45) is 5.98. The predicted octanol–water partition coefficient (Wildman–Crippen LogP) is 3.40. The highest BCUT2D eigenvalue weighted by molar-refractivity contribution is 5.31. The first-order chi connectivity index (χ1) is 7.62. The lowest BCUT2D eigenvalue weighted by molar-refractivity contribution is 0.445. The van der Waals surface area contributed by atoms with E-state index in [0.29, 0.717) is 0 Å². The Morgan fingerprint density at radius 2 is 1.88 bits per heavy atom. The van der Waals surface area contributed by atoms with Crippen LogP contribution in [0.3, 0.4) is 0 Å². The minimum absolute atomic E-state index is 0.0252. The van der Waals surface area contributed by atoms with E-state index in [4.69, 9.17) is 5.73 Å². The average Bonchev–Trinajstić information content (AvgIpc) is 2.82. The van der Waals surface area contributed by atoms with Gasteiger partial charge in [0, 0.05) is 11.5 Å². The first-order valence-electron chi connectivity index (χ1n) is 6.12. The van der Waals surface area contributed by atoms with Gasteiger partial charge in [0.15, 0.2) is 0 Å². The first-order valence-corrected chi connectivity index (χ1v) is 6.12. The van der Waals surface area contributed by atoms with Gasteiger partial charge in [-0.1, -0.05) is 55.8 Å². The smallest absolute Gasteiger partial charge is 0.0346 e. The van der Waals surface area contributed by atoms with Gasteiger partial charge in [0.05, 0.1) is 0 Å². The molecule has 1 heteroatoms. The summed E-state index contributed by atoms with van der Waals surface area (Å²) in [5.41, 5.74) is 9.21. The zero-order valence-corrected chi connectivity index (χ0v) is 10.2. The Labute approximate surface area is 98.4 Å². The first kappa shape index (κ1) is 11.4. The SMILES string of the molecule is CC(C)(c1ccccc1)C(N)C1=CCCC1. The molecule has 0 aliphatic heterocycles. The summed E-state index contributed by atoms with van der Waals surface area (Å²) < 4.78 is 0. The van der Waals surface area contributed by atoms with Crippen molar-refractivity contribution in [3.8, 4) is 0 Å². The Morgan fingerprint density at radius 1 is 1.19 bits per heavy atom. The quantitative estimate of drug-likeness (QED) is 0.768. The van der Waals surface area contributed by atoms with Gasteiger partial charge < -0.3 is 5.73 Å². The van der Waals surface area contributed by atoms with Gasteiger partial charge in [-0.25, -0.2) is 0 Å². The topological polar surface area (TPSA) is 26.0 Å². The molecular weight excluding hydrogens is 194 g/mol. The lowest BCUT2D eigenvalue weighted by Crippen LogP contribution is -2.42. The summed E-state index contributed by atoms with van der Waals surface area (Å²) in [6.45, 7) is 4.48. The molecular formula is C15H21N. The molecule has 0 bridgehead atoms. The van der Waals surface area contributed by atoms with Crippen molar-refractivity contribution in [2.75, 3.05) is 0 Å². The van der Waals surface area contributed by atoms with Crippen LogP contribution in [0.15, 0.2) is 42.0 Å². The number of benzene rings is 1. The van der Waals surface area contributed by atoms with Crippen molar-refractivity contribution < 1.29 is 0 Å². The van der Waals surface area contributed by atoms with Crippen LogP contribution >= 0.6 is 0 Å². The maximum absolute atomic E-state index is 6.42. The van der Waals surface area contributed by atoms with E-state index in [1.54, 1.807) is 0 Å². The fourth-order valence-corrected chi connectivity index (χ4v) is 2.49. The number of hydrogen-bond acceptors (Lipinski definition) is 1. The second-order valence-corrected chi connectivity index (χ2v) is 5.24. The molecule has 1 nitrogen and oxygen atoms in total. The third-order valence-corrected chi connectivity index (χ3v) is 3.77. The molecule has 1 aliphatic rings. The highest BCUT2D eigenvalue weighted by Crippen LogP contribution is 2.33. The summed E-state index contributed by atoms with van der Waals surface area (Å²) in [5.74, 6) is 0. The second-order valence-electron chi connectivity index (χ2n) is 5.24. The summed E-state index contributed by atoms with van der Waals surface area (Å²) >= 11 is 0.